The van der Waals surface area contributed by atoms with Crippen LogP contribution >= 0.6 is 12.4 Å². The van der Waals surface area contributed by atoms with Crippen molar-refractivity contribution >= 4 is 12.4 Å². The zero-order valence-corrected chi connectivity index (χ0v) is 13.1. The van der Waals surface area contributed by atoms with Crippen molar-refractivity contribution in [3.8, 4) is 0 Å². The van der Waals surface area contributed by atoms with E-state index in [9.17, 15) is 8.78 Å². The van der Waals surface area contributed by atoms with Gasteiger partial charge < -0.3 is 9.88 Å². The topological polar surface area (TPSA) is 33.1 Å². The molecule has 1 N–H and O–H groups in total. The SMILES string of the molecule is Cl.Cn1ccnc1C1CNCCN1Cc1ccc(F)cc1F. The van der Waals surface area contributed by atoms with Crippen molar-refractivity contribution in [3.05, 3.63) is 53.6 Å². The minimum Gasteiger partial charge on any atom is -0.337 e. The highest BCUT2D eigenvalue weighted by Crippen LogP contribution is 2.23. The van der Waals surface area contributed by atoms with E-state index in [1.54, 1.807) is 6.20 Å². The van der Waals surface area contributed by atoms with Gasteiger partial charge in [0.1, 0.15) is 17.5 Å². The molecule has 1 aromatic carbocycles. The molecule has 2 heterocycles. The largest absolute Gasteiger partial charge is 0.337 e. The summed E-state index contributed by atoms with van der Waals surface area (Å²) in [6.07, 6.45) is 3.67. The van der Waals surface area contributed by atoms with Crippen LogP contribution in [0.15, 0.2) is 30.6 Å². The third kappa shape index (κ3) is 3.45. The number of rotatable bonds is 3. The fourth-order valence-electron chi connectivity index (χ4n) is 2.76. The van der Waals surface area contributed by atoms with Gasteiger partial charge in [-0.25, -0.2) is 13.8 Å². The number of hydrogen-bond donors (Lipinski definition) is 1. The van der Waals surface area contributed by atoms with Gasteiger partial charge in [-0.05, 0) is 6.07 Å². The zero-order valence-electron chi connectivity index (χ0n) is 12.3. The molecule has 0 spiro atoms. The van der Waals surface area contributed by atoms with Crippen LogP contribution < -0.4 is 5.32 Å². The fourth-order valence-corrected chi connectivity index (χ4v) is 2.76. The van der Waals surface area contributed by atoms with Crippen molar-refractivity contribution in [2.75, 3.05) is 19.6 Å². The van der Waals surface area contributed by atoms with Crippen molar-refractivity contribution in [1.82, 2.24) is 19.8 Å². The Kier molecular flexibility index (Phi) is 5.50. The molecule has 120 valence electrons. The Labute approximate surface area is 134 Å². The lowest BCUT2D eigenvalue weighted by atomic mass is 10.1. The van der Waals surface area contributed by atoms with Crippen LogP contribution in [-0.2, 0) is 13.6 Å². The molecular formula is C15H19ClF2N4. The maximum absolute atomic E-state index is 13.9. The number of piperazine rings is 1. The van der Waals surface area contributed by atoms with E-state index in [0.29, 0.717) is 12.1 Å². The molecule has 1 aliphatic heterocycles. The van der Waals surface area contributed by atoms with Crippen LogP contribution in [0.3, 0.4) is 0 Å². The number of aryl methyl sites for hydroxylation is 1. The molecule has 3 rings (SSSR count). The van der Waals surface area contributed by atoms with E-state index in [2.05, 4.69) is 15.2 Å². The highest BCUT2D eigenvalue weighted by atomic mass is 35.5. The first kappa shape index (κ1) is 16.9. The first-order chi connectivity index (χ1) is 10.1. The second-order valence-electron chi connectivity index (χ2n) is 5.32. The van der Waals surface area contributed by atoms with Crippen molar-refractivity contribution in [1.29, 1.82) is 0 Å². The monoisotopic (exact) mass is 328 g/mol. The van der Waals surface area contributed by atoms with Crippen molar-refractivity contribution in [2.45, 2.75) is 12.6 Å². The number of nitrogens with one attached hydrogen (secondary N) is 1. The van der Waals surface area contributed by atoms with E-state index in [4.69, 9.17) is 0 Å². The molecule has 2 aromatic rings. The quantitative estimate of drug-likeness (QED) is 0.938. The predicted octanol–water partition coefficient (Wildman–Crippen LogP) is 2.27. The second kappa shape index (κ2) is 7.17. The van der Waals surface area contributed by atoms with Gasteiger partial charge in [0.05, 0.1) is 6.04 Å². The molecule has 0 aliphatic carbocycles. The average molecular weight is 329 g/mol. The highest BCUT2D eigenvalue weighted by Gasteiger charge is 2.27. The van der Waals surface area contributed by atoms with Gasteiger partial charge >= 0.3 is 0 Å². The number of hydrogen-bond acceptors (Lipinski definition) is 3. The van der Waals surface area contributed by atoms with E-state index >= 15 is 0 Å². The summed E-state index contributed by atoms with van der Waals surface area (Å²) < 4.78 is 28.8. The summed E-state index contributed by atoms with van der Waals surface area (Å²) in [4.78, 5) is 6.57. The Bertz CT molecular complexity index is 632. The Hall–Kier alpha value is -1.50. The van der Waals surface area contributed by atoms with E-state index in [0.717, 1.165) is 31.5 Å². The van der Waals surface area contributed by atoms with Crippen LogP contribution in [0.25, 0.3) is 0 Å². The third-order valence-electron chi connectivity index (χ3n) is 3.90. The summed E-state index contributed by atoms with van der Waals surface area (Å²) in [5, 5.41) is 3.34. The summed E-state index contributed by atoms with van der Waals surface area (Å²) in [5.74, 6) is -0.0888. The lowest BCUT2D eigenvalue weighted by Crippen LogP contribution is -2.46. The molecule has 4 nitrogen and oxygen atoms in total. The molecule has 1 aromatic heterocycles. The predicted molar refractivity (Wildman–Crippen MR) is 82.8 cm³/mol. The molecule has 22 heavy (non-hydrogen) atoms. The second-order valence-corrected chi connectivity index (χ2v) is 5.32. The smallest absolute Gasteiger partial charge is 0.130 e. The molecule has 0 amide bonds. The molecule has 0 saturated carbocycles. The van der Waals surface area contributed by atoms with Gasteiger partial charge in [-0.3, -0.25) is 4.90 Å². The number of aromatic nitrogens is 2. The van der Waals surface area contributed by atoms with Crippen molar-refractivity contribution in [3.63, 3.8) is 0 Å². The van der Waals surface area contributed by atoms with Crippen LogP contribution in [-0.4, -0.2) is 34.1 Å². The number of imidazole rings is 1. The molecule has 1 saturated heterocycles. The normalized spacial score (nSPS) is 19.0. The van der Waals surface area contributed by atoms with Gasteiger partial charge in [-0.15, -0.1) is 12.4 Å². The zero-order chi connectivity index (χ0) is 14.8. The summed E-state index contributed by atoms with van der Waals surface area (Å²) in [5.41, 5.74) is 0.512. The van der Waals surface area contributed by atoms with Crippen LogP contribution in [0.1, 0.15) is 17.4 Å². The van der Waals surface area contributed by atoms with E-state index in [-0.39, 0.29) is 18.4 Å². The van der Waals surface area contributed by atoms with Crippen LogP contribution in [0.5, 0.6) is 0 Å². The third-order valence-corrected chi connectivity index (χ3v) is 3.90. The maximum Gasteiger partial charge on any atom is 0.130 e. The molecule has 1 fully saturated rings. The first-order valence-electron chi connectivity index (χ1n) is 7.01. The van der Waals surface area contributed by atoms with Gasteiger partial charge in [0, 0.05) is 57.3 Å². The Morgan fingerprint density at radius 3 is 2.86 bits per heavy atom. The standard InChI is InChI=1S/C15H18F2N4.ClH/c1-20-6-5-19-15(20)14-9-18-4-7-21(14)10-11-2-3-12(16)8-13(11)17;/h2-3,5-6,8,14,18H,4,7,9-10H2,1H3;1H. The van der Waals surface area contributed by atoms with Gasteiger partial charge in [-0.2, -0.15) is 0 Å². The number of halogens is 3. The fraction of sp³-hybridized carbons (Fsp3) is 0.400. The van der Waals surface area contributed by atoms with E-state index in [1.165, 1.54) is 12.1 Å². The highest BCUT2D eigenvalue weighted by molar-refractivity contribution is 5.85. The maximum atomic E-state index is 13.9. The molecule has 1 unspecified atom stereocenters. The Morgan fingerprint density at radius 1 is 1.36 bits per heavy atom. The molecule has 1 aliphatic rings. The van der Waals surface area contributed by atoms with Crippen LogP contribution in [0, 0.1) is 11.6 Å². The Balaban J connectivity index is 0.00000176. The summed E-state index contributed by atoms with van der Waals surface area (Å²) in [6, 6.07) is 3.84. The first-order valence-corrected chi connectivity index (χ1v) is 7.01. The number of nitrogens with zero attached hydrogens (tertiary/aromatic N) is 3. The van der Waals surface area contributed by atoms with Gasteiger partial charge in [-0.1, -0.05) is 6.07 Å². The minimum absolute atomic E-state index is 0. The van der Waals surface area contributed by atoms with E-state index in [1.807, 2.05) is 17.8 Å². The number of benzene rings is 1. The van der Waals surface area contributed by atoms with Crippen LogP contribution in [0.4, 0.5) is 8.78 Å². The lowest BCUT2D eigenvalue weighted by molar-refractivity contribution is 0.143. The summed E-state index contributed by atoms with van der Waals surface area (Å²) >= 11 is 0. The van der Waals surface area contributed by atoms with Crippen molar-refractivity contribution in [2.24, 2.45) is 7.05 Å². The summed E-state index contributed by atoms with van der Waals surface area (Å²) in [6.45, 7) is 2.87. The van der Waals surface area contributed by atoms with Gasteiger partial charge in [0.15, 0.2) is 0 Å². The van der Waals surface area contributed by atoms with Gasteiger partial charge in [0.25, 0.3) is 0 Å². The molecule has 7 heteroatoms. The van der Waals surface area contributed by atoms with E-state index < -0.39 is 11.6 Å². The molecule has 0 radical (unpaired) electrons. The molecular weight excluding hydrogens is 310 g/mol. The van der Waals surface area contributed by atoms with Crippen LogP contribution in [0.2, 0.25) is 0 Å². The Morgan fingerprint density at radius 2 is 2.18 bits per heavy atom. The summed E-state index contributed by atoms with van der Waals surface area (Å²) in [7, 11) is 1.95. The molecule has 1 atom stereocenters. The average Bonchev–Trinajstić information content (AvgIpc) is 2.89. The lowest BCUT2D eigenvalue weighted by Gasteiger charge is -2.35. The minimum atomic E-state index is -0.544. The molecule has 0 bridgehead atoms. The van der Waals surface area contributed by atoms with Crippen molar-refractivity contribution < 1.29 is 8.78 Å². The van der Waals surface area contributed by atoms with Gasteiger partial charge in [0.2, 0.25) is 0 Å².